The molecule has 0 aliphatic carbocycles. The van der Waals surface area contributed by atoms with Crippen LogP contribution in [0.1, 0.15) is 38.3 Å². The number of nitrogens with one attached hydrogen (secondary N) is 1. The van der Waals surface area contributed by atoms with E-state index in [2.05, 4.69) is 16.2 Å². The van der Waals surface area contributed by atoms with E-state index in [1.807, 2.05) is 30.3 Å². The summed E-state index contributed by atoms with van der Waals surface area (Å²) in [6.45, 7) is 0. The molecule has 0 bridgehead atoms. The van der Waals surface area contributed by atoms with E-state index in [9.17, 15) is 18.0 Å². The number of pyridine rings is 1. The van der Waals surface area contributed by atoms with Gasteiger partial charge in [-0.25, -0.2) is 0 Å². The van der Waals surface area contributed by atoms with Crippen molar-refractivity contribution in [2.45, 2.75) is 18.1 Å². The molecule has 3 aromatic carbocycles. The van der Waals surface area contributed by atoms with Gasteiger partial charge in [0, 0.05) is 23.7 Å². The van der Waals surface area contributed by atoms with Crippen LogP contribution in [0, 0.1) is 12.3 Å². The van der Waals surface area contributed by atoms with Crippen LogP contribution >= 0.6 is 0 Å². The highest BCUT2D eigenvalue weighted by Crippen LogP contribution is 2.37. The average Bonchev–Trinajstić information content (AvgIpc) is 2.89. The summed E-state index contributed by atoms with van der Waals surface area (Å²) in [7, 11) is 0. The maximum Gasteiger partial charge on any atom is 0.416 e. The van der Waals surface area contributed by atoms with E-state index in [0.29, 0.717) is 16.8 Å². The standard InChI is InChI=1S/C29H21F3N2O/c1-2-21-14-16-23(17-15-21)27(35)34-28(26-13-6-7-18-33-26,20-22-9-4-3-5-10-22)24-11-8-12-25(19-24)29(30,31)32/h1,3-19H,20H2,(H,34,35). The zero-order valence-electron chi connectivity index (χ0n) is 18.6. The van der Waals surface area contributed by atoms with Crippen molar-refractivity contribution >= 4 is 5.91 Å². The normalized spacial score (nSPS) is 12.9. The molecule has 1 aromatic heterocycles. The van der Waals surface area contributed by atoms with Crippen molar-refractivity contribution in [3.05, 3.63) is 137 Å². The molecule has 1 amide bonds. The van der Waals surface area contributed by atoms with Gasteiger partial charge in [-0.1, -0.05) is 54.5 Å². The number of hydrogen-bond acceptors (Lipinski definition) is 2. The Morgan fingerprint density at radius 3 is 2.17 bits per heavy atom. The summed E-state index contributed by atoms with van der Waals surface area (Å²) in [5.74, 6) is 2.03. The average molecular weight is 470 g/mol. The number of amides is 1. The Balaban J connectivity index is 1.91. The predicted molar refractivity (Wildman–Crippen MR) is 128 cm³/mol. The Hall–Kier alpha value is -4.37. The van der Waals surface area contributed by atoms with Gasteiger partial charge >= 0.3 is 6.18 Å². The number of terminal acetylenes is 1. The second kappa shape index (κ2) is 9.86. The molecule has 4 rings (SSSR count). The zero-order chi connectivity index (χ0) is 24.9. The van der Waals surface area contributed by atoms with E-state index in [-0.39, 0.29) is 12.0 Å². The number of hydrogen-bond donors (Lipinski definition) is 1. The third-order valence-electron chi connectivity index (χ3n) is 5.74. The van der Waals surface area contributed by atoms with Crippen molar-refractivity contribution in [1.82, 2.24) is 10.3 Å². The van der Waals surface area contributed by atoms with E-state index in [1.165, 1.54) is 6.07 Å². The maximum absolute atomic E-state index is 13.7. The highest BCUT2D eigenvalue weighted by Gasteiger charge is 2.40. The van der Waals surface area contributed by atoms with Crippen molar-refractivity contribution in [3.8, 4) is 12.3 Å². The minimum atomic E-state index is -4.55. The largest absolute Gasteiger partial charge is 0.416 e. The lowest BCUT2D eigenvalue weighted by molar-refractivity contribution is -0.137. The number of carbonyl (C=O) groups excluding carboxylic acids is 1. The van der Waals surface area contributed by atoms with Crippen molar-refractivity contribution in [1.29, 1.82) is 0 Å². The fourth-order valence-corrected chi connectivity index (χ4v) is 3.98. The van der Waals surface area contributed by atoms with Gasteiger partial charge in [-0.05, 0) is 59.7 Å². The van der Waals surface area contributed by atoms with Crippen LogP contribution in [0.3, 0.4) is 0 Å². The number of benzene rings is 3. The molecule has 0 fully saturated rings. The van der Waals surface area contributed by atoms with Gasteiger partial charge in [0.25, 0.3) is 5.91 Å². The molecule has 0 spiro atoms. The lowest BCUT2D eigenvalue weighted by Gasteiger charge is -2.36. The Morgan fingerprint density at radius 2 is 1.54 bits per heavy atom. The van der Waals surface area contributed by atoms with Crippen LogP contribution in [0.15, 0.2) is 103 Å². The fraction of sp³-hybridized carbons (Fsp3) is 0.103. The molecular weight excluding hydrogens is 449 g/mol. The fourth-order valence-electron chi connectivity index (χ4n) is 3.98. The molecular formula is C29H21F3N2O. The molecule has 0 radical (unpaired) electrons. The molecule has 3 nitrogen and oxygen atoms in total. The van der Waals surface area contributed by atoms with E-state index < -0.39 is 23.2 Å². The van der Waals surface area contributed by atoms with Gasteiger partial charge in [0.2, 0.25) is 0 Å². The van der Waals surface area contributed by atoms with E-state index in [1.54, 1.807) is 54.7 Å². The second-order valence-corrected chi connectivity index (χ2v) is 8.04. The first kappa shape index (κ1) is 23.8. The predicted octanol–water partition coefficient (Wildman–Crippen LogP) is 6.00. The molecule has 1 unspecified atom stereocenters. The van der Waals surface area contributed by atoms with Crippen LogP contribution in [0.2, 0.25) is 0 Å². The van der Waals surface area contributed by atoms with Crippen molar-refractivity contribution in [2.75, 3.05) is 0 Å². The van der Waals surface area contributed by atoms with Crippen LogP contribution in [0.25, 0.3) is 0 Å². The molecule has 1 atom stereocenters. The quantitative estimate of drug-likeness (QED) is 0.351. The molecule has 0 saturated carbocycles. The van der Waals surface area contributed by atoms with Gasteiger partial charge in [-0.3, -0.25) is 9.78 Å². The summed E-state index contributed by atoms with van der Waals surface area (Å²) >= 11 is 0. The van der Waals surface area contributed by atoms with Crippen LogP contribution in [0.4, 0.5) is 13.2 Å². The number of halogens is 3. The zero-order valence-corrected chi connectivity index (χ0v) is 18.6. The smallest absolute Gasteiger partial charge is 0.337 e. The number of rotatable bonds is 6. The molecule has 6 heteroatoms. The van der Waals surface area contributed by atoms with Gasteiger partial charge in [-0.15, -0.1) is 6.42 Å². The van der Waals surface area contributed by atoms with Gasteiger partial charge in [0.05, 0.1) is 11.3 Å². The highest BCUT2D eigenvalue weighted by atomic mass is 19.4. The van der Waals surface area contributed by atoms with Gasteiger partial charge in [-0.2, -0.15) is 13.2 Å². The third kappa shape index (κ3) is 5.25. The molecule has 1 N–H and O–H groups in total. The van der Waals surface area contributed by atoms with Crippen molar-refractivity contribution in [2.24, 2.45) is 0 Å². The van der Waals surface area contributed by atoms with E-state index in [0.717, 1.165) is 17.7 Å². The summed E-state index contributed by atoms with van der Waals surface area (Å²) < 4.78 is 41.0. The first-order valence-corrected chi connectivity index (χ1v) is 10.8. The SMILES string of the molecule is C#Cc1ccc(C(=O)NC(Cc2ccccc2)(c2cccc(C(F)(F)F)c2)c2ccccn2)cc1. The van der Waals surface area contributed by atoms with Gasteiger partial charge in [0.15, 0.2) is 0 Å². The van der Waals surface area contributed by atoms with E-state index >= 15 is 0 Å². The minimum Gasteiger partial charge on any atom is -0.337 e. The minimum absolute atomic E-state index is 0.181. The summed E-state index contributed by atoms with van der Waals surface area (Å²) in [4.78, 5) is 17.9. The Morgan fingerprint density at radius 1 is 0.857 bits per heavy atom. The molecule has 0 aliphatic rings. The number of alkyl halides is 3. The van der Waals surface area contributed by atoms with Crippen LogP contribution in [-0.4, -0.2) is 10.9 Å². The molecule has 35 heavy (non-hydrogen) atoms. The number of nitrogens with zero attached hydrogens (tertiary/aromatic N) is 1. The van der Waals surface area contributed by atoms with Gasteiger partial charge in [0.1, 0.15) is 5.54 Å². The topological polar surface area (TPSA) is 42.0 Å². The van der Waals surface area contributed by atoms with Crippen LogP contribution in [0.5, 0.6) is 0 Å². The number of aromatic nitrogens is 1. The highest BCUT2D eigenvalue weighted by molar-refractivity contribution is 5.95. The number of carbonyl (C=O) groups is 1. The Bertz CT molecular complexity index is 1340. The molecule has 174 valence electrons. The summed E-state index contributed by atoms with van der Waals surface area (Å²) in [6.07, 6.45) is 2.60. The lowest BCUT2D eigenvalue weighted by Crippen LogP contribution is -2.49. The second-order valence-electron chi connectivity index (χ2n) is 8.04. The van der Waals surface area contributed by atoms with Crippen molar-refractivity contribution < 1.29 is 18.0 Å². The lowest BCUT2D eigenvalue weighted by atomic mass is 9.79. The van der Waals surface area contributed by atoms with E-state index in [4.69, 9.17) is 6.42 Å². The third-order valence-corrected chi connectivity index (χ3v) is 5.74. The maximum atomic E-state index is 13.7. The Kier molecular flexibility index (Phi) is 6.70. The van der Waals surface area contributed by atoms with Crippen LogP contribution in [-0.2, 0) is 18.1 Å². The summed E-state index contributed by atoms with van der Waals surface area (Å²) in [5, 5.41) is 3.02. The first-order chi connectivity index (χ1) is 16.8. The van der Waals surface area contributed by atoms with Crippen molar-refractivity contribution in [3.63, 3.8) is 0 Å². The van der Waals surface area contributed by atoms with Crippen LogP contribution < -0.4 is 5.32 Å². The van der Waals surface area contributed by atoms with Gasteiger partial charge < -0.3 is 5.32 Å². The summed E-state index contributed by atoms with van der Waals surface area (Å²) in [6, 6.07) is 25.8. The Labute approximate surface area is 201 Å². The molecule has 0 aliphatic heterocycles. The monoisotopic (exact) mass is 470 g/mol. The first-order valence-electron chi connectivity index (χ1n) is 10.8. The molecule has 1 heterocycles. The molecule has 4 aromatic rings. The summed E-state index contributed by atoms with van der Waals surface area (Å²) in [5.41, 5.74) is 0.241. The molecule has 0 saturated heterocycles.